The lowest BCUT2D eigenvalue weighted by atomic mass is 10.2. The lowest BCUT2D eigenvalue weighted by molar-refractivity contribution is 0.0694. The first kappa shape index (κ1) is 12.7. The van der Waals surface area contributed by atoms with Crippen molar-refractivity contribution >= 4 is 5.97 Å². The summed E-state index contributed by atoms with van der Waals surface area (Å²) in [6.07, 6.45) is 2.30. The van der Waals surface area contributed by atoms with Crippen molar-refractivity contribution < 1.29 is 19.1 Å². The molecule has 0 aromatic carbocycles. The molecule has 5 nitrogen and oxygen atoms in total. The molecule has 1 aromatic rings. The average Bonchev–Trinajstić information content (AvgIpc) is 2.72. The first-order chi connectivity index (χ1) is 7.69. The third kappa shape index (κ3) is 3.36. The van der Waals surface area contributed by atoms with Gasteiger partial charge in [0, 0.05) is 13.2 Å². The minimum absolute atomic E-state index is 0.205. The largest absolute Gasteiger partial charge is 0.478 e. The highest BCUT2D eigenvalue weighted by Gasteiger charge is 2.14. The third-order valence-electron chi connectivity index (χ3n) is 2.39. The number of nitrogens with one attached hydrogen (secondary N) is 1. The summed E-state index contributed by atoms with van der Waals surface area (Å²) in [4.78, 5) is 10.8. The number of methoxy groups -OCH3 is 1. The van der Waals surface area contributed by atoms with Gasteiger partial charge in [-0.05, 0) is 12.5 Å². The molecule has 90 valence electrons. The van der Waals surface area contributed by atoms with Gasteiger partial charge in [0.05, 0.1) is 19.4 Å². The van der Waals surface area contributed by atoms with Gasteiger partial charge in [-0.2, -0.15) is 0 Å². The van der Waals surface area contributed by atoms with E-state index in [2.05, 4.69) is 5.32 Å². The molecule has 1 aromatic heterocycles. The summed E-state index contributed by atoms with van der Waals surface area (Å²) in [7, 11) is 1.64. The molecule has 0 aliphatic carbocycles. The molecular weight excluding hydrogens is 210 g/mol. The molecule has 0 aliphatic rings. The van der Waals surface area contributed by atoms with Crippen molar-refractivity contribution in [1.82, 2.24) is 5.32 Å². The molecule has 0 saturated carbocycles. The summed E-state index contributed by atoms with van der Waals surface area (Å²) in [5.74, 6) is -0.521. The van der Waals surface area contributed by atoms with Crippen LogP contribution >= 0.6 is 0 Å². The van der Waals surface area contributed by atoms with Gasteiger partial charge in [-0.25, -0.2) is 4.79 Å². The van der Waals surface area contributed by atoms with Crippen molar-refractivity contribution in [3.63, 3.8) is 0 Å². The van der Waals surface area contributed by atoms with Crippen LogP contribution in [-0.2, 0) is 11.3 Å². The summed E-state index contributed by atoms with van der Waals surface area (Å²) in [6, 6.07) is 1.66. The molecule has 1 unspecified atom stereocenters. The van der Waals surface area contributed by atoms with Crippen molar-refractivity contribution in [2.24, 2.45) is 0 Å². The van der Waals surface area contributed by atoms with Crippen molar-refractivity contribution in [2.75, 3.05) is 13.7 Å². The van der Waals surface area contributed by atoms with Crippen molar-refractivity contribution in [1.29, 1.82) is 0 Å². The summed E-state index contributed by atoms with van der Waals surface area (Å²) in [5.41, 5.74) is 0.208. The second-order valence-electron chi connectivity index (χ2n) is 3.50. The van der Waals surface area contributed by atoms with E-state index in [1.54, 1.807) is 7.11 Å². The van der Waals surface area contributed by atoms with Crippen molar-refractivity contribution in [2.45, 2.75) is 25.9 Å². The van der Waals surface area contributed by atoms with E-state index in [0.29, 0.717) is 18.9 Å². The molecule has 16 heavy (non-hydrogen) atoms. The number of carbonyl (C=O) groups is 1. The van der Waals surface area contributed by atoms with Crippen LogP contribution in [0.15, 0.2) is 16.7 Å². The number of ether oxygens (including phenoxy) is 1. The molecule has 5 heteroatoms. The molecule has 1 rings (SSSR count). The second-order valence-corrected chi connectivity index (χ2v) is 3.50. The standard InChI is InChI=1S/C11H17NO4/c1-3-8(7-15-2)12-6-10-9(11(13)14)4-5-16-10/h4-5,8,12H,3,6-7H2,1-2H3,(H,13,14). The van der Waals surface area contributed by atoms with E-state index in [1.165, 1.54) is 12.3 Å². The Morgan fingerprint density at radius 2 is 2.44 bits per heavy atom. The van der Waals surface area contributed by atoms with Crippen LogP contribution in [0.5, 0.6) is 0 Å². The Morgan fingerprint density at radius 1 is 1.69 bits per heavy atom. The predicted octanol–water partition coefficient (Wildman–Crippen LogP) is 1.49. The fourth-order valence-corrected chi connectivity index (χ4v) is 1.43. The second kappa shape index (κ2) is 6.30. The van der Waals surface area contributed by atoms with E-state index < -0.39 is 5.97 Å². The lowest BCUT2D eigenvalue weighted by Gasteiger charge is -2.14. The minimum Gasteiger partial charge on any atom is -0.478 e. The maximum Gasteiger partial charge on any atom is 0.339 e. The van der Waals surface area contributed by atoms with Crippen LogP contribution in [0.4, 0.5) is 0 Å². The van der Waals surface area contributed by atoms with Gasteiger partial charge >= 0.3 is 5.97 Å². The van der Waals surface area contributed by atoms with Gasteiger partial charge < -0.3 is 19.6 Å². The number of aromatic carboxylic acids is 1. The van der Waals surface area contributed by atoms with Gasteiger partial charge in [-0.1, -0.05) is 6.92 Å². The maximum atomic E-state index is 10.8. The van der Waals surface area contributed by atoms with E-state index in [9.17, 15) is 4.79 Å². The number of hydrogen-bond acceptors (Lipinski definition) is 4. The summed E-state index contributed by atoms with van der Waals surface area (Å²) in [6.45, 7) is 3.03. The Hall–Kier alpha value is -1.33. The van der Waals surface area contributed by atoms with Crippen molar-refractivity contribution in [3.05, 3.63) is 23.7 Å². The van der Waals surface area contributed by atoms with Gasteiger partial charge in [-0.3, -0.25) is 0 Å². The van der Waals surface area contributed by atoms with Crippen LogP contribution < -0.4 is 5.32 Å². The van der Waals surface area contributed by atoms with E-state index in [-0.39, 0.29) is 11.6 Å². The Morgan fingerprint density at radius 3 is 3.00 bits per heavy atom. The number of hydrogen-bond donors (Lipinski definition) is 2. The first-order valence-corrected chi connectivity index (χ1v) is 5.21. The highest BCUT2D eigenvalue weighted by molar-refractivity contribution is 5.88. The molecule has 1 heterocycles. The SMILES string of the molecule is CCC(COC)NCc1occc1C(=O)O. The minimum atomic E-state index is -0.967. The molecule has 0 fully saturated rings. The highest BCUT2D eigenvalue weighted by atomic mass is 16.5. The van der Waals surface area contributed by atoms with E-state index in [0.717, 1.165) is 6.42 Å². The van der Waals surface area contributed by atoms with E-state index in [4.69, 9.17) is 14.3 Å². The van der Waals surface area contributed by atoms with Crippen LogP contribution in [0.25, 0.3) is 0 Å². The number of rotatable bonds is 7. The van der Waals surface area contributed by atoms with Gasteiger partial charge in [0.15, 0.2) is 0 Å². The monoisotopic (exact) mass is 227 g/mol. The zero-order valence-corrected chi connectivity index (χ0v) is 9.53. The molecule has 0 spiro atoms. The van der Waals surface area contributed by atoms with Gasteiger partial charge in [-0.15, -0.1) is 0 Å². The smallest absolute Gasteiger partial charge is 0.339 e. The van der Waals surface area contributed by atoms with Gasteiger partial charge in [0.2, 0.25) is 0 Å². The zero-order valence-electron chi connectivity index (χ0n) is 9.53. The van der Waals surface area contributed by atoms with Gasteiger partial charge in [0.25, 0.3) is 0 Å². The highest BCUT2D eigenvalue weighted by Crippen LogP contribution is 2.10. The van der Waals surface area contributed by atoms with Crippen LogP contribution in [0.1, 0.15) is 29.5 Å². The molecular formula is C11H17NO4. The molecule has 1 atom stereocenters. The third-order valence-corrected chi connectivity index (χ3v) is 2.39. The summed E-state index contributed by atoms with van der Waals surface area (Å²) < 4.78 is 10.1. The quantitative estimate of drug-likeness (QED) is 0.738. The Kier molecular flexibility index (Phi) is 5.01. The molecule has 0 aliphatic heterocycles. The lowest BCUT2D eigenvalue weighted by Crippen LogP contribution is -2.32. The Bertz CT molecular complexity index is 334. The molecule has 0 bridgehead atoms. The predicted molar refractivity (Wildman–Crippen MR) is 58.5 cm³/mol. The molecule has 0 amide bonds. The van der Waals surface area contributed by atoms with Gasteiger partial charge in [0.1, 0.15) is 11.3 Å². The number of carboxylic acid groups (broad SMARTS) is 1. The van der Waals surface area contributed by atoms with Crippen LogP contribution in [0.3, 0.4) is 0 Å². The Labute approximate surface area is 94.4 Å². The van der Waals surface area contributed by atoms with Crippen LogP contribution in [-0.4, -0.2) is 30.8 Å². The van der Waals surface area contributed by atoms with Crippen LogP contribution in [0.2, 0.25) is 0 Å². The van der Waals surface area contributed by atoms with Crippen molar-refractivity contribution in [3.8, 4) is 0 Å². The van der Waals surface area contributed by atoms with E-state index in [1.807, 2.05) is 6.92 Å². The van der Waals surface area contributed by atoms with Crippen LogP contribution in [0, 0.1) is 0 Å². The fourth-order valence-electron chi connectivity index (χ4n) is 1.43. The maximum absolute atomic E-state index is 10.8. The van der Waals surface area contributed by atoms with E-state index >= 15 is 0 Å². The molecule has 0 saturated heterocycles. The summed E-state index contributed by atoms with van der Waals surface area (Å²) >= 11 is 0. The average molecular weight is 227 g/mol. The normalized spacial score (nSPS) is 12.6. The molecule has 2 N–H and O–H groups in total. The fraction of sp³-hybridized carbons (Fsp3) is 0.545. The summed E-state index contributed by atoms with van der Waals surface area (Å²) in [5, 5.41) is 12.1. The number of carboxylic acids is 1. The topological polar surface area (TPSA) is 71.7 Å². The molecule has 0 radical (unpaired) electrons. The zero-order chi connectivity index (χ0) is 12.0. The Balaban J connectivity index is 2.53. The number of furan rings is 1. The first-order valence-electron chi connectivity index (χ1n) is 5.21.